The normalized spacial score (nSPS) is 20.5. The van der Waals surface area contributed by atoms with Crippen molar-refractivity contribution in [3.05, 3.63) is 40.1 Å². The van der Waals surface area contributed by atoms with Gasteiger partial charge in [0.25, 0.3) is 5.91 Å². The highest BCUT2D eigenvalue weighted by atomic mass is 79.9. The predicted molar refractivity (Wildman–Crippen MR) is 104 cm³/mol. The number of hydrogen-bond acceptors (Lipinski definition) is 4. The van der Waals surface area contributed by atoms with Crippen LogP contribution in [0, 0.1) is 0 Å². The summed E-state index contributed by atoms with van der Waals surface area (Å²) in [6.07, 6.45) is 4.55. The Morgan fingerprint density at radius 2 is 2.04 bits per heavy atom. The van der Waals surface area contributed by atoms with Crippen LogP contribution in [-0.4, -0.2) is 51.5 Å². The summed E-state index contributed by atoms with van der Waals surface area (Å²) in [6.45, 7) is 5.02. The molecule has 0 radical (unpaired) electrons. The zero-order valence-electron chi connectivity index (χ0n) is 15.0. The van der Waals surface area contributed by atoms with Gasteiger partial charge in [-0.25, -0.2) is 4.68 Å². The molecule has 1 aromatic carbocycles. The first-order valence-corrected chi connectivity index (χ1v) is 10.2. The van der Waals surface area contributed by atoms with Crippen molar-refractivity contribution in [2.75, 3.05) is 19.6 Å². The Morgan fingerprint density at radius 1 is 1.27 bits per heavy atom. The van der Waals surface area contributed by atoms with E-state index in [1.54, 1.807) is 0 Å². The van der Waals surface area contributed by atoms with Crippen LogP contribution in [0.15, 0.2) is 28.7 Å². The summed E-state index contributed by atoms with van der Waals surface area (Å²) in [5.41, 5.74) is 2.37. The fraction of sp³-hybridized carbons (Fsp3) is 0.526. The number of hydrogen-bond donors (Lipinski definition) is 1. The molecule has 1 N–H and O–H groups in total. The minimum atomic E-state index is -0.0989. The van der Waals surface area contributed by atoms with Crippen LogP contribution in [0.5, 0.6) is 0 Å². The fourth-order valence-corrected chi connectivity index (χ4v) is 4.05. The number of carbonyl (C=O) groups excluding carboxylic acids is 1. The van der Waals surface area contributed by atoms with Crippen LogP contribution in [0.2, 0.25) is 0 Å². The molecular formula is C19H24BrN5O. The molecule has 0 spiro atoms. The SMILES string of the molecule is CCN1CCCC1CNC(=O)c1nnn(-c2ccc(Br)cc2)c1C1CC1. The first-order valence-electron chi connectivity index (χ1n) is 9.41. The van der Waals surface area contributed by atoms with Gasteiger partial charge in [-0.3, -0.25) is 9.69 Å². The summed E-state index contributed by atoms with van der Waals surface area (Å²) >= 11 is 3.46. The van der Waals surface area contributed by atoms with Crippen LogP contribution < -0.4 is 5.32 Å². The number of nitrogens with one attached hydrogen (secondary N) is 1. The number of nitrogens with zero attached hydrogens (tertiary/aromatic N) is 4. The first kappa shape index (κ1) is 17.7. The standard InChI is InChI=1S/C19H24BrN5O/c1-2-24-11-3-4-16(24)12-21-19(26)17-18(13-5-6-13)25(23-22-17)15-9-7-14(20)8-10-15/h7-10,13,16H,2-6,11-12H2,1H3,(H,21,26). The molecule has 1 aliphatic carbocycles. The molecule has 7 heteroatoms. The van der Waals surface area contributed by atoms with Crippen molar-refractivity contribution in [2.24, 2.45) is 0 Å². The Hall–Kier alpha value is -1.73. The van der Waals surface area contributed by atoms with Crippen molar-refractivity contribution in [2.45, 2.75) is 44.6 Å². The summed E-state index contributed by atoms with van der Waals surface area (Å²) in [7, 11) is 0. The van der Waals surface area contributed by atoms with E-state index < -0.39 is 0 Å². The van der Waals surface area contributed by atoms with Gasteiger partial charge in [0.15, 0.2) is 5.69 Å². The fourth-order valence-electron chi connectivity index (χ4n) is 3.78. The van der Waals surface area contributed by atoms with Gasteiger partial charge in [-0.15, -0.1) is 5.10 Å². The molecule has 1 unspecified atom stereocenters. The zero-order valence-corrected chi connectivity index (χ0v) is 16.6. The van der Waals surface area contributed by atoms with Gasteiger partial charge in [0, 0.05) is 23.0 Å². The van der Waals surface area contributed by atoms with Gasteiger partial charge >= 0.3 is 0 Å². The molecular weight excluding hydrogens is 394 g/mol. The van der Waals surface area contributed by atoms with Gasteiger partial charge in [-0.2, -0.15) is 0 Å². The van der Waals surface area contributed by atoms with Gasteiger partial charge in [0.05, 0.1) is 11.4 Å². The molecule has 1 atom stereocenters. The Balaban J connectivity index is 1.53. The summed E-state index contributed by atoms with van der Waals surface area (Å²) in [6, 6.07) is 8.38. The Labute approximate surface area is 162 Å². The number of benzene rings is 1. The Kier molecular flexibility index (Phi) is 5.09. The maximum Gasteiger partial charge on any atom is 0.273 e. The van der Waals surface area contributed by atoms with Crippen molar-refractivity contribution >= 4 is 21.8 Å². The largest absolute Gasteiger partial charge is 0.349 e. The minimum Gasteiger partial charge on any atom is -0.349 e. The van der Waals surface area contributed by atoms with Crippen molar-refractivity contribution in [1.82, 2.24) is 25.2 Å². The van der Waals surface area contributed by atoms with E-state index in [9.17, 15) is 4.79 Å². The third-order valence-corrected chi connectivity index (χ3v) is 5.89. The third-order valence-electron chi connectivity index (χ3n) is 5.36. The van der Waals surface area contributed by atoms with E-state index in [-0.39, 0.29) is 5.91 Å². The topological polar surface area (TPSA) is 63.1 Å². The zero-order chi connectivity index (χ0) is 18.1. The van der Waals surface area contributed by atoms with Gasteiger partial charge in [-0.1, -0.05) is 28.1 Å². The van der Waals surface area contributed by atoms with E-state index in [0.29, 0.717) is 24.2 Å². The van der Waals surface area contributed by atoms with Crippen LogP contribution in [0.4, 0.5) is 0 Å². The molecule has 6 nitrogen and oxygen atoms in total. The lowest BCUT2D eigenvalue weighted by Crippen LogP contribution is -2.40. The Morgan fingerprint density at radius 3 is 2.73 bits per heavy atom. The van der Waals surface area contributed by atoms with E-state index in [1.165, 1.54) is 6.42 Å². The molecule has 138 valence electrons. The highest BCUT2D eigenvalue weighted by molar-refractivity contribution is 9.10. The molecule has 1 saturated heterocycles. The second-order valence-corrected chi connectivity index (χ2v) is 8.04. The van der Waals surface area contributed by atoms with Gasteiger partial charge in [0.2, 0.25) is 0 Å². The van der Waals surface area contributed by atoms with Crippen molar-refractivity contribution in [1.29, 1.82) is 0 Å². The summed E-state index contributed by atoms with van der Waals surface area (Å²) < 4.78 is 2.84. The van der Waals surface area contributed by atoms with Crippen LogP contribution in [-0.2, 0) is 0 Å². The predicted octanol–water partition coefficient (Wildman–Crippen LogP) is 3.12. The molecule has 1 aromatic heterocycles. The monoisotopic (exact) mass is 417 g/mol. The highest BCUT2D eigenvalue weighted by Gasteiger charge is 2.34. The quantitative estimate of drug-likeness (QED) is 0.783. The van der Waals surface area contributed by atoms with Gasteiger partial charge < -0.3 is 5.32 Å². The van der Waals surface area contributed by atoms with E-state index in [1.807, 2.05) is 28.9 Å². The van der Waals surface area contributed by atoms with E-state index >= 15 is 0 Å². The average molecular weight is 418 g/mol. The second kappa shape index (κ2) is 7.48. The Bertz CT molecular complexity index is 784. The molecule has 2 aliphatic rings. The molecule has 1 saturated carbocycles. The summed E-state index contributed by atoms with van der Waals surface area (Å²) in [4.78, 5) is 15.2. The molecule has 4 rings (SSSR count). The molecule has 26 heavy (non-hydrogen) atoms. The minimum absolute atomic E-state index is 0.0989. The lowest BCUT2D eigenvalue weighted by atomic mass is 10.2. The maximum atomic E-state index is 12.8. The molecule has 2 fully saturated rings. The van der Waals surface area contributed by atoms with Crippen LogP contribution in [0.3, 0.4) is 0 Å². The van der Waals surface area contributed by atoms with Crippen LogP contribution in [0.1, 0.15) is 54.7 Å². The molecule has 1 amide bonds. The van der Waals surface area contributed by atoms with Crippen molar-refractivity contribution < 1.29 is 4.79 Å². The van der Waals surface area contributed by atoms with E-state index in [2.05, 4.69) is 43.4 Å². The molecule has 2 heterocycles. The number of aromatic nitrogens is 3. The summed E-state index contributed by atoms with van der Waals surface area (Å²) in [5.74, 6) is 0.284. The van der Waals surface area contributed by atoms with E-state index in [0.717, 1.165) is 48.2 Å². The molecule has 0 bridgehead atoms. The molecule has 2 aromatic rings. The third kappa shape index (κ3) is 3.55. The van der Waals surface area contributed by atoms with E-state index in [4.69, 9.17) is 0 Å². The van der Waals surface area contributed by atoms with Crippen molar-refractivity contribution in [3.8, 4) is 5.69 Å². The van der Waals surface area contributed by atoms with Crippen molar-refractivity contribution in [3.63, 3.8) is 0 Å². The number of likely N-dealkylation sites (N-methyl/N-ethyl adjacent to an activating group) is 1. The average Bonchev–Trinajstić information content (AvgIpc) is 3.22. The summed E-state index contributed by atoms with van der Waals surface area (Å²) in [5, 5.41) is 11.6. The lowest BCUT2D eigenvalue weighted by molar-refractivity contribution is 0.0935. The second-order valence-electron chi connectivity index (χ2n) is 7.12. The van der Waals surface area contributed by atoms with Gasteiger partial charge in [0.1, 0.15) is 0 Å². The number of likely N-dealkylation sites (tertiary alicyclic amines) is 1. The number of rotatable bonds is 6. The van der Waals surface area contributed by atoms with Gasteiger partial charge in [-0.05, 0) is 63.0 Å². The highest BCUT2D eigenvalue weighted by Crippen LogP contribution is 2.42. The number of amides is 1. The van der Waals surface area contributed by atoms with Crippen LogP contribution in [0.25, 0.3) is 5.69 Å². The maximum absolute atomic E-state index is 12.8. The number of carbonyl (C=O) groups is 1. The van der Waals surface area contributed by atoms with Crippen LogP contribution >= 0.6 is 15.9 Å². The lowest BCUT2D eigenvalue weighted by Gasteiger charge is -2.22. The first-order chi connectivity index (χ1) is 12.7. The number of halogens is 1. The molecule has 1 aliphatic heterocycles. The smallest absolute Gasteiger partial charge is 0.273 e.